The molecule has 1 heterocycles. The third-order valence-electron chi connectivity index (χ3n) is 4.86. The van der Waals surface area contributed by atoms with E-state index >= 15 is 0 Å². The van der Waals surface area contributed by atoms with Crippen LogP contribution in [0.25, 0.3) is 11.3 Å². The minimum absolute atomic E-state index is 0.237. The molecular weight excluding hydrogens is 429 g/mol. The van der Waals surface area contributed by atoms with Gasteiger partial charge in [0.1, 0.15) is 5.82 Å². The number of hydrogen-bond acceptors (Lipinski definition) is 3. The van der Waals surface area contributed by atoms with Crippen molar-refractivity contribution in [2.45, 2.75) is 13.3 Å². The van der Waals surface area contributed by atoms with Crippen LogP contribution < -0.4 is 5.32 Å². The summed E-state index contributed by atoms with van der Waals surface area (Å²) < 4.78 is 0. The number of amides is 1. The number of carbonyl (C=O) groups excluding carboxylic acids is 1. The second-order valence-corrected chi connectivity index (χ2v) is 8.03. The van der Waals surface area contributed by atoms with E-state index in [4.69, 9.17) is 28.2 Å². The highest BCUT2D eigenvalue weighted by molar-refractivity contribution is 6.35. The molecule has 4 nitrogen and oxygen atoms in total. The van der Waals surface area contributed by atoms with Gasteiger partial charge >= 0.3 is 0 Å². The number of hydrogen-bond donors (Lipinski definition) is 1. The van der Waals surface area contributed by atoms with Crippen molar-refractivity contribution in [3.63, 3.8) is 0 Å². The number of aromatic nitrogens is 2. The zero-order valence-corrected chi connectivity index (χ0v) is 18.3. The Morgan fingerprint density at radius 2 is 1.68 bits per heavy atom. The lowest BCUT2D eigenvalue weighted by molar-refractivity contribution is 0.102. The summed E-state index contributed by atoms with van der Waals surface area (Å²) in [7, 11) is 0. The van der Waals surface area contributed by atoms with Crippen molar-refractivity contribution in [1.82, 2.24) is 9.97 Å². The third kappa shape index (κ3) is 5.29. The van der Waals surface area contributed by atoms with Gasteiger partial charge in [-0.05, 0) is 54.4 Å². The Labute approximate surface area is 190 Å². The van der Waals surface area contributed by atoms with Crippen LogP contribution >= 0.6 is 23.2 Å². The van der Waals surface area contributed by atoms with Crippen LogP contribution in [0.15, 0.2) is 79.0 Å². The van der Waals surface area contributed by atoms with Crippen LogP contribution in [0.5, 0.6) is 0 Å². The molecule has 1 N–H and O–H groups in total. The van der Waals surface area contributed by atoms with Crippen LogP contribution in [-0.4, -0.2) is 15.9 Å². The minimum atomic E-state index is -0.237. The Bertz CT molecular complexity index is 1220. The van der Waals surface area contributed by atoms with Crippen molar-refractivity contribution >= 4 is 34.8 Å². The molecule has 0 aliphatic carbocycles. The van der Waals surface area contributed by atoms with Gasteiger partial charge in [0.05, 0.1) is 5.69 Å². The van der Waals surface area contributed by atoms with Gasteiger partial charge in [0.25, 0.3) is 5.91 Å². The second kappa shape index (κ2) is 9.29. The van der Waals surface area contributed by atoms with Gasteiger partial charge in [-0.15, -0.1) is 0 Å². The first-order valence-electron chi connectivity index (χ1n) is 9.72. The quantitative estimate of drug-likeness (QED) is 0.374. The lowest BCUT2D eigenvalue weighted by Gasteiger charge is -2.10. The summed E-state index contributed by atoms with van der Waals surface area (Å²) in [6.45, 7) is 2.01. The van der Waals surface area contributed by atoms with Gasteiger partial charge in [0.15, 0.2) is 0 Å². The van der Waals surface area contributed by atoms with E-state index in [1.165, 1.54) is 0 Å². The average molecular weight is 448 g/mol. The number of aryl methyl sites for hydroxylation is 1. The molecule has 1 aromatic heterocycles. The first-order chi connectivity index (χ1) is 15.0. The lowest BCUT2D eigenvalue weighted by Crippen LogP contribution is -2.12. The summed E-state index contributed by atoms with van der Waals surface area (Å²) in [5.74, 6) is 0.460. The maximum Gasteiger partial charge on any atom is 0.255 e. The molecule has 31 heavy (non-hydrogen) atoms. The molecule has 0 aliphatic heterocycles. The maximum atomic E-state index is 12.8. The standard InChI is InChI=1S/C25H19Cl2N3O/c1-16-7-8-18(25(31)29-22-14-20(26)13-21(27)15-22)11-19(16)12-24-28-10-9-23(30-24)17-5-3-2-4-6-17/h2-11,13-15H,12H2,1H3,(H,29,31). The van der Waals surface area contributed by atoms with Gasteiger partial charge in [-0.2, -0.15) is 0 Å². The van der Waals surface area contributed by atoms with Gasteiger partial charge in [0, 0.05) is 39.5 Å². The average Bonchev–Trinajstić information content (AvgIpc) is 2.75. The number of benzene rings is 3. The molecule has 4 rings (SSSR count). The fraction of sp³-hybridized carbons (Fsp3) is 0.0800. The van der Waals surface area contributed by atoms with Crippen LogP contribution in [0.3, 0.4) is 0 Å². The number of halogens is 2. The molecule has 0 fully saturated rings. The van der Waals surface area contributed by atoms with Gasteiger partial charge in [-0.3, -0.25) is 4.79 Å². The first kappa shape index (κ1) is 21.0. The largest absolute Gasteiger partial charge is 0.322 e. The van der Waals surface area contributed by atoms with E-state index < -0.39 is 0 Å². The van der Waals surface area contributed by atoms with Gasteiger partial charge in [0.2, 0.25) is 0 Å². The van der Waals surface area contributed by atoms with Crippen molar-refractivity contribution < 1.29 is 4.79 Å². The molecule has 0 radical (unpaired) electrons. The summed E-state index contributed by atoms with van der Waals surface area (Å²) in [6, 6.07) is 22.4. The Morgan fingerprint density at radius 3 is 2.42 bits per heavy atom. The zero-order valence-electron chi connectivity index (χ0n) is 16.8. The fourth-order valence-electron chi connectivity index (χ4n) is 3.26. The molecule has 0 bridgehead atoms. The van der Waals surface area contributed by atoms with Crippen molar-refractivity contribution in [3.05, 3.63) is 112 Å². The van der Waals surface area contributed by atoms with Crippen molar-refractivity contribution in [2.75, 3.05) is 5.32 Å². The minimum Gasteiger partial charge on any atom is -0.322 e. The SMILES string of the molecule is Cc1ccc(C(=O)Nc2cc(Cl)cc(Cl)c2)cc1Cc1nccc(-c2ccccc2)n1. The van der Waals surface area contributed by atoms with E-state index in [-0.39, 0.29) is 5.91 Å². The highest BCUT2D eigenvalue weighted by atomic mass is 35.5. The van der Waals surface area contributed by atoms with Gasteiger partial charge in [-0.1, -0.05) is 59.6 Å². The highest BCUT2D eigenvalue weighted by Gasteiger charge is 2.11. The summed E-state index contributed by atoms with van der Waals surface area (Å²) in [6.07, 6.45) is 2.29. The van der Waals surface area contributed by atoms with Crippen LogP contribution in [0, 0.1) is 6.92 Å². The molecule has 0 atom stereocenters. The van der Waals surface area contributed by atoms with Crippen molar-refractivity contribution in [1.29, 1.82) is 0 Å². The van der Waals surface area contributed by atoms with Crippen molar-refractivity contribution in [3.8, 4) is 11.3 Å². The van der Waals surface area contributed by atoms with E-state index in [9.17, 15) is 4.79 Å². The molecule has 6 heteroatoms. The number of anilines is 1. The van der Waals surface area contributed by atoms with E-state index in [0.717, 1.165) is 22.4 Å². The molecule has 0 unspecified atom stereocenters. The number of nitrogens with one attached hydrogen (secondary N) is 1. The number of nitrogens with zero attached hydrogens (tertiary/aromatic N) is 2. The summed E-state index contributed by atoms with van der Waals surface area (Å²) in [4.78, 5) is 21.9. The molecular formula is C25H19Cl2N3O. The molecule has 0 aliphatic rings. The summed E-state index contributed by atoms with van der Waals surface area (Å²) in [5, 5.41) is 3.76. The molecule has 0 spiro atoms. The highest BCUT2D eigenvalue weighted by Crippen LogP contribution is 2.24. The van der Waals surface area contributed by atoms with Crippen molar-refractivity contribution in [2.24, 2.45) is 0 Å². The summed E-state index contributed by atoms with van der Waals surface area (Å²) in [5.41, 5.74) is 5.05. The number of rotatable bonds is 5. The monoisotopic (exact) mass is 447 g/mol. The normalized spacial score (nSPS) is 10.7. The maximum absolute atomic E-state index is 12.8. The predicted octanol–water partition coefficient (Wildman–Crippen LogP) is 6.60. The topological polar surface area (TPSA) is 54.9 Å². The smallest absolute Gasteiger partial charge is 0.255 e. The lowest BCUT2D eigenvalue weighted by atomic mass is 10.0. The van der Waals surface area contributed by atoms with E-state index in [1.54, 1.807) is 30.5 Å². The van der Waals surface area contributed by atoms with Gasteiger partial charge < -0.3 is 5.32 Å². The Kier molecular flexibility index (Phi) is 6.31. The third-order valence-corrected chi connectivity index (χ3v) is 5.29. The molecule has 154 valence electrons. The second-order valence-electron chi connectivity index (χ2n) is 7.15. The Hall–Kier alpha value is -3.21. The fourth-order valence-corrected chi connectivity index (χ4v) is 3.78. The molecule has 4 aromatic rings. The molecule has 3 aromatic carbocycles. The van der Waals surface area contributed by atoms with E-state index in [2.05, 4.69) is 10.3 Å². The van der Waals surface area contributed by atoms with E-state index in [0.29, 0.717) is 33.5 Å². The summed E-state index contributed by atoms with van der Waals surface area (Å²) >= 11 is 12.0. The predicted molar refractivity (Wildman–Crippen MR) is 126 cm³/mol. The number of carbonyl (C=O) groups is 1. The Morgan fingerprint density at radius 1 is 0.935 bits per heavy atom. The van der Waals surface area contributed by atoms with Crippen LogP contribution in [-0.2, 0) is 6.42 Å². The molecule has 1 amide bonds. The van der Waals surface area contributed by atoms with Crippen LogP contribution in [0.4, 0.5) is 5.69 Å². The molecule has 0 saturated heterocycles. The van der Waals surface area contributed by atoms with Crippen LogP contribution in [0.1, 0.15) is 27.3 Å². The first-order valence-corrected chi connectivity index (χ1v) is 10.5. The van der Waals surface area contributed by atoms with E-state index in [1.807, 2.05) is 55.5 Å². The van der Waals surface area contributed by atoms with Gasteiger partial charge in [-0.25, -0.2) is 9.97 Å². The molecule has 0 saturated carbocycles. The zero-order chi connectivity index (χ0) is 21.8. The van der Waals surface area contributed by atoms with Crippen LogP contribution in [0.2, 0.25) is 10.0 Å². The Balaban J connectivity index is 1.56.